The molecule has 0 aliphatic carbocycles. The zero-order valence-corrected chi connectivity index (χ0v) is 15.0. The van der Waals surface area contributed by atoms with Crippen molar-refractivity contribution in [3.05, 3.63) is 64.1 Å². The minimum Gasteiger partial charge on any atom is -0.446 e. The van der Waals surface area contributed by atoms with Crippen LogP contribution in [0.1, 0.15) is 28.6 Å². The fraction of sp³-hybridized carbons (Fsp3) is 0.316. The maximum Gasteiger partial charge on any atom is 0.191 e. The molecule has 3 aromatic rings. The molecule has 0 fully saturated rings. The van der Waals surface area contributed by atoms with Gasteiger partial charge < -0.3 is 4.42 Å². The van der Waals surface area contributed by atoms with Crippen molar-refractivity contribution >= 4 is 11.6 Å². The van der Waals surface area contributed by atoms with E-state index in [2.05, 4.69) is 14.9 Å². The fourth-order valence-electron chi connectivity index (χ4n) is 3.18. The SMILES string of the molecule is Cc1nc(CN2CCc3nc(-c4ccc(Cl)cc4)ncc3C2)c(C)o1. The maximum atomic E-state index is 5.95. The molecular weight excluding hydrogens is 336 g/mol. The van der Waals surface area contributed by atoms with E-state index in [1.165, 1.54) is 5.56 Å². The van der Waals surface area contributed by atoms with Crippen molar-refractivity contribution in [2.75, 3.05) is 6.54 Å². The summed E-state index contributed by atoms with van der Waals surface area (Å²) in [6.45, 7) is 6.43. The molecule has 0 spiro atoms. The van der Waals surface area contributed by atoms with Crippen LogP contribution < -0.4 is 0 Å². The standard InChI is InChI=1S/C19H19ClN4O/c1-12-18(22-13(2)25-12)11-24-8-7-17-15(10-24)9-21-19(23-17)14-3-5-16(20)6-4-14/h3-6,9H,7-8,10-11H2,1-2H3. The smallest absolute Gasteiger partial charge is 0.191 e. The minimum atomic E-state index is 0.718. The van der Waals surface area contributed by atoms with Crippen LogP contribution in [0.5, 0.6) is 0 Å². The second kappa shape index (κ2) is 6.58. The highest BCUT2D eigenvalue weighted by molar-refractivity contribution is 6.30. The zero-order valence-electron chi connectivity index (χ0n) is 14.3. The Kier molecular flexibility index (Phi) is 4.27. The number of aryl methyl sites for hydroxylation is 2. The van der Waals surface area contributed by atoms with Crippen molar-refractivity contribution in [3.8, 4) is 11.4 Å². The summed E-state index contributed by atoms with van der Waals surface area (Å²) in [5.74, 6) is 2.38. The number of fused-ring (bicyclic) bond motifs is 1. The molecule has 0 bridgehead atoms. The van der Waals surface area contributed by atoms with E-state index >= 15 is 0 Å². The number of oxazole rings is 1. The van der Waals surface area contributed by atoms with Crippen LogP contribution in [0.25, 0.3) is 11.4 Å². The lowest BCUT2D eigenvalue weighted by atomic mass is 10.1. The van der Waals surface area contributed by atoms with E-state index < -0.39 is 0 Å². The number of rotatable bonds is 3. The first kappa shape index (κ1) is 16.2. The van der Waals surface area contributed by atoms with Crippen molar-refractivity contribution in [1.82, 2.24) is 19.9 Å². The highest BCUT2D eigenvalue weighted by Gasteiger charge is 2.20. The van der Waals surface area contributed by atoms with Crippen LogP contribution in [0.2, 0.25) is 5.02 Å². The molecule has 1 aromatic carbocycles. The zero-order chi connectivity index (χ0) is 17.4. The number of benzene rings is 1. The first-order valence-corrected chi connectivity index (χ1v) is 8.72. The summed E-state index contributed by atoms with van der Waals surface area (Å²) in [6.07, 6.45) is 2.85. The van der Waals surface area contributed by atoms with Gasteiger partial charge in [-0.2, -0.15) is 0 Å². The number of aromatic nitrogens is 3. The summed E-state index contributed by atoms with van der Waals surface area (Å²) in [4.78, 5) is 16.1. The normalized spacial score (nSPS) is 14.5. The van der Waals surface area contributed by atoms with Crippen molar-refractivity contribution in [1.29, 1.82) is 0 Å². The molecule has 5 nitrogen and oxygen atoms in total. The monoisotopic (exact) mass is 354 g/mol. The van der Waals surface area contributed by atoms with Crippen LogP contribution in [0.15, 0.2) is 34.9 Å². The van der Waals surface area contributed by atoms with Gasteiger partial charge in [0.15, 0.2) is 11.7 Å². The second-order valence-corrected chi connectivity index (χ2v) is 6.81. The Morgan fingerprint density at radius 1 is 1.16 bits per heavy atom. The van der Waals surface area contributed by atoms with Gasteiger partial charge in [0.25, 0.3) is 0 Å². The van der Waals surface area contributed by atoms with E-state index in [0.717, 1.165) is 65.5 Å². The Labute approximate surface area is 151 Å². The lowest BCUT2D eigenvalue weighted by molar-refractivity contribution is 0.239. The lowest BCUT2D eigenvalue weighted by Crippen LogP contribution is -2.31. The summed E-state index contributed by atoms with van der Waals surface area (Å²) >= 11 is 5.95. The Hall–Kier alpha value is -2.24. The van der Waals surface area contributed by atoms with Gasteiger partial charge in [0.2, 0.25) is 0 Å². The topological polar surface area (TPSA) is 55.1 Å². The molecule has 0 radical (unpaired) electrons. The van der Waals surface area contributed by atoms with E-state index in [1.54, 1.807) is 0 Å². The number of hydrogen-bond donors (Lipinski definition) is 0. The molecular formula is C19H19ClN4O. The van der Waals surface area contributed by atoms with Crippen molar-refractivity contribution in [2.24, 2.45) is 0 Å². The molecule has 1 aliphatic heterocycles. The van der Waals surface area contributed by atoms with Crippen LogP contribution >= 0.6 is 11.6 Å². The molecule has 3 heterocycles. The van der Waals surface area contributed by atoms with Crippen LogP contribution in [-0.4, -0.2) is 26.4 Å². The molecule has 25 heavy (non-hydrogen) atoms. The third-order valence-electron chi connectivity index (χ3n) is 4.49. The third-order valence-corrected chi connectivity index (χ3v) is 4.74. The van der Waals surface area contributed by atoms with Crippen molar-refractivity contribution in [2.45, 2.75) is 33.4 Å². The van der Waals surface area contributed by atoms with Gasteiger partial charge in [-0.3, -0.25) is 4.90 Å². The van der Waals surface area contributed by atoms with E-state index in [9.17, 15) is 0 Å². The molecule has 0 saturated carbocycles. The summed E-state index contributed by atoms with van der Waals surface area (Å²) in [5.41, 5.74) is 4.31. The molecule has 0 N–H and O–H groups in total. The molecule has 0 amide bonds. The molecule has 0 atom stereocenters. The van der Waals surface area contributed by atoms with Crippen molar-refractivity contribution < 1.29 is 4.42 Å². The van der Waals surface area contributed by atoms with E-state index in [0.29, 0.717) is 0 Å². The Bertz CT molecular complexity index is 904. The quantitative estimate of drug-likeness (QED) is 0.712. The number of hydrogen-bond acceptors (Lipinski definition) is 5. The summed E-state index contributed by atoms with van der Waals surface area (Å²) in [7, 11) is 0. The first-order valence-electron chi connectivity index (χ1n) is 8.34. The molecule has 0 unspecified atom stereocenters. The van der Waals surface area contributed by atoms with Gasteiger partial charge in [-0.1, -0.05) is 11.6 Å². The molecule has 4 rings (SSSR count). The predicted molar refractivity (Wildman–Crippen MR) is 96.3 cm³/mol. The second-order valence-electron chi connectivity index (χ2n) is 6.37. The highest BCUT2D eigenvalue weighted by Crippen LogP contribution is 2.23. The average molecular weight is 355 g/mol. The lowest BCUT2D eigenvalue weighted by Gasteiger charge is -2.27. The van der Waals surface area contributed by atoms with Crippen molar-refractivity contribution in [3.63, 3.8) is 0 Å². The Morgan fingerprint density at radius 2 is 1.96 bits per heavy atom. The molecule has 6 heteroatoms. The van der Waals surface area contributed by atoms with Gasteiger partial charge >= 0.3 is 0 Å². The molecule has 1 aliphatic rings. The van der Waals surface area contributed by atoms with Gasteiger partial charge in [-0.05, 0) is 31.2 Å². The van der Waals surface area contributed by atoms with E-state index in [-0.39, 0.29) is 0 Å². The van der Waals surface area contributed by atoms with Gasteiger partial charge in [-0.25, -0.2) is 15.0 Å². The maximum absolute atomic E-state index is 5.95. The molecule has 0 saturated heterocycles. The van der Waals surface area contributed by atoms with Crippen LogP contribution in [0, 0.1) is 13.8 Å². The minimum absolute atomic E-state index is 0.718. The van der Waals surface area contributed by atoms with Crippen LogP contribution in [-0.2, 0) is 19.5 Å². The Morgan fingerprint density at radius 3 is 2.68 bits per heavy atom. The first-order chi connectivity index (χ1) is 12.1. The average Bonchev–Trinajstić information content (AvgIpc) is 2.92. The van der Waals surface area contributed by atoms with Gasteiger partial charge in [-0.15, -0.1) is 0 Å². The van der Waals surface area contributed by atoms with Crippen LogP contribution in [0.3, 0.4) is 0 Å². The Balaban J connectivity index is 1.52. The number of halogens is 1. The predicted octanol–water partition coefficient (Wildman–Crippen LogP) is 3.96. The highest BCUT2D eigenvalue weighted by atomic mass is 35.5. The summed E-state index contributed by atoms with van der Waals surface area (Å²) in [6, 6.07) is 7.64. The molecule has 128 valence electrons. The van der Waals surface area contributed by atoms with Gasteiger partial charge in [0, 0.05) is 55.3 Å². The van der Waals surface area contributed by atoms with Gasteiger partial charge in [0.1, 0.15) is 5.76 Å². The number of nitrogens with zero attached hydrogens (tertiary/aromatic N) is 4. The van der Waals surface area contributed by atoms with E-state index in [1.807, 2.05) is 44.3 Å². The molecule has 2 aromatic heterocycles. The third kappa shape index (κ3) is 3.43. The summed E-state index contributed by atoms with van der Waals surface area (Å²) in [5, 5.41) is 0.718. The van der Waals surface area contributed by atoms with Gasteiger partial charge in [0.05, 0.1) is 11.4 Å². The largest absolute Gasteiger partial charge is 0.446 e. The van der Waals surface area contributed by atoms with E-state index in [4.69, 9.17) is 21.0 Å². The fourth-order valence-corrected chi connectivity index (χ4v) is 3.30. The van der Waals surface area contributed by atoms with Crippen LogP contribution in [0.4, 0.5) is 0 Å². The summed E-state index contributed by atoms with van der Waals surface area (Å²) < 4.78 is 5.53.